The topological polar surface area (TPSA) is 78.9 Å². The standard InChI is InChI=1S/C8H15N3O/c1-6(2)7(5-10)8(12)11-4-3-9/h6-7H,4-5,10H2,1-2H3,(H,11,12). The van der Waals surface area contributed by atoms with Crippen LogP contribution < -0.4 is 11.1 Å². The number of carbonyl (C=O) groups is 1. The molecule has 1 unspecified atom stereocenters. The van der Waals surface area contributed by atoms with E-state index in [1.165, 1.54) is 0 Å². The van der Waals surface area contributed by atoms with Crippen LogP contribution in [0.1, 0.15) is 13.8 Å². The van der Waals surface area contributed by atoms with Gasteiger partial charge >= 0.3 is 0 Å². The maximum atomic E-state index is 11.2. The van der Waals surface area contributed by atoms with Gasteiger partial charge in [0, 0.05) is 6.54 Å². The highest BCUT2D eigenvalue weighted by atomic mass is 16.1. The first-order valence-electron chi connectivity index (χ1n) is 3.98. The van der Waals surface area contributed by atoms with Gasteiger partial charge in [0.2, 0.25) is 5.91 Å². The maximum absolute atomic E-state index is 11.2. The third-order valence-corrected chi connectivity index (χ3v) is 1.74. The Hall–Kier alpha value is -1.08. The smallest absolute Gasteiger partial charge is 0.225 e. The zero-order valence-electron chi connectivity index (χ0n) is 7.50. The summed E-state index contributed by atoms with van der Waals surface area (Å²) in [6.07, 6.45) is 0. The fraction of sp³-hybridized carbons (Fsp3) is 0.750. The van der Waals surface area contributed by atoms with Crippen molar-refractivity contribution in [3.8, 4) is 6.07 Å². The summed E-state index contributed by atoms with van der Waals surface area (Å²) in [5.74, 6) is -0.0962. The number of nitrogens with one attached hydrogen (secondary N) is 1. The van der Waals surface area contributed by atoms with E-state index in [-0.39, 0.29) is 24.3 Å². The number of nitrogens with zero attached hydrogens (tertiary/aromatic N) is 1. The van der Waals surface area contributed by atoms with E-state index in [4.69, 9.17) is 11.0 Å². The van der Waals surface area contributed by atoms with Crippen LogP contribution in [0.2, 0.25) is 0 Å². The maximum Gasteiger partial charge on any atom is 0.225 e. The summed E-state index contributed by atoms with van der Waals surface area (Å²) < 4.78 is 0. The van der Waals surface area contributed by atoms with Crippen LogP contribution in [0.4, 0.5) is 0 Å². The third-order valence-electron chi connectivity index (χ3n) is 1.74. The van der Waals surface area contributed by atoms with Crippen molar-refractivity contribution in [3.63, 3.8) is 0 Å². The van der Waals surface area contributed by atoms with Crippen molar-refractivity contribution >= 4 is 5.91 Å². The first kappa shape index (κ1) is 10.9. The second kappa shape index (κ2) is 5.56. The van der Waals surface area contributed by atoms with E-state index in [1.807, 2.05) is 19.9 Å². The summed E-state index contributed by atoms with van der Waals surface area (Å²) in [7, 11) is 0. The van der Waals surface area contributed by atoms with Crippen molar-refractivity contribution in [2.24, 2.45) is 17.6 Å². The van der Waals surface area contributed by atoms with Crippen molar-refractivity contribution in [2.45, 2.75) is 13.8 Å². The summed E-state index contributed by atoms with van der Waals surface area (Å²) >= 11 is 0. The molecule has 0 aromatic carbocycles. The van der Waals surface area contributed by atoms with Gasteiger partial charge in [-0.2, -0.15) is 5.26 Å². The summed E-state index contributed by atoms with van der Waals surface area (Å²) in [6, 6.07) is 1.84. The molecule has 4 nitrogen and oxygen atoms in total. The van der Waals surface area contributed by atoms with Crippen molar-refractivity contribution < 1.29 is 4.79 Å². The van der Waals surface area contributed by atoms with Crippen molar-refractivity contribution in [1.29, 1.82) is 5.26 Å². The van der Waals surface area contributed by atoms with E-state index in [0.717, 1.165) is 0 Å². The van der Waals surface area contributed by atoms with Gasteiger partial charge in [0.1, 0.15) is 6.54 Å². The zero-order valence-corrected chi connectivity index (χ0v) is 7.50. The fourth-order valence-corrected chi connectivity index (χ4v) is 0.940. The molecule has 3 N–H and O–H groups in total. The first-order valence-corrected chi connectivity index (χ1v) is 3.98. The molecule has 4 heteroatoms. The number of nitriles is 1. The molecule has 0 spiro atoms. The van der Waals surface area contributed by atoms with Crippen LogP contribution in [0, 0.1) is 23.2 Å². The number of nitrogens with two attached hydrogens (primary N) is 1. The van der Waals surface area contributed by atoms with E-state index < -0.39 is 0 Å². The highest BCUT2D eigenvalue weighted by Crippen LogP contribution is 2.08. The molecule has 0 saturated heterocycles. The van der Waals surface area contributed by atoms with Crippen molar-refractivity contribution in [2.75, 3.05) is 13.1 Å². The fourth-order valence-electron chi connectivity index (χ4n) is 0.940. The Labute approximate surface area is 72.7 Å². The lowest BCUT2D eigenvalue weighted by Gasteiger charge is -2.16. The van der Waals surface area contributed by atoms with Gasteiger partial charge in [-0.25, -0.2) is 0 Å². The van der Waals surface area contributed by atoms with Gasteiger partial charge in [-0.3, -0.25) is 4.79 Å². The molecule has 0 aliphatic rings. The molecule has 0 saturated carbocycles. The van der Waals surface area contributed by atoms with Gasteiger partial charge in [0.15, 0.2) is 0 Å². The number of carbonyl (C=O) groups excluding carboxylic acids is 1. The van der Waals surface area contributed by atoms with Crippen LogP contribution >= 0.6 is 0 Å². The van der Waals surface area contributed by atoms with Gasteiger partial charge in [-0.05, 0) is 5.92 Å². The molecule has 0 aliphatic carbocycles. The molecule has 0 aromatic rings. The Kier molecular flexibility index (Phi) is 5.06. The summed E-state index contributed by atoms with van der Waals surface area (Å²) in [5.41, 5.74) is 5.40. The Bertz CT molecular complexity index is 183. The molecule has 0 aromatic heterocycles. The second-order valence-electron chi connectivity index (χ2n) is 2.96. The summed E-state index contributed by atoms with van der Waals surface area (Å²) in [5, 5.41) is 10.7. The second-order valence-corrected chi connectivity index (χ2v) is 2.96. The normalized spacial score (nSPS) is 12.2. The zero-order chi connectivity index (χ0) is 9.56. The lowest BCUT2D eigenvalue weighted by molar-refractivity contribution is -0.125. The molecule has 1 atom stereocenters. The Morgan fingerprint density at radius 2 is 2.25 bits per heavy atom. The van der Waals surface area contributed by atoms with Crippen LogP contribution in [-0.4, -0.2) is 19.0 Å². The molecular formula is C8H15N3O. The van der Waals surface area contributed by atoms with E-state index in [2.05, 4.69) is 5.32 Å². The van der Waals surface area contributed by atoms with E-state index in [0.29, 0.717) is 6.54 Å². The number of hydrogen-bond donors (Lipinski definition) is 2. The Morgan fingerprint density at radius 1 is 1.67 bits per heavy atom. The number of rotatable bonds is 4. The predicted molar refractivity (Wildman–Crippen MR) is 46.0 cm³/mol. The minimum Gasteiger partial charge on any atom is -0.343 e. The number of amides is 1. The minimum absolute atomic E-state index is 0.0576. The highest BCUT2D eigenvalue weighted by Gasteiger charge is 2.19. The number of hydrogen-bond acceptors (Lipinski definition) is 3. The molecule has 68 valence electrons. The molecule has 0 rings (SSSR count). The monoisotopic (exact) mass is 169 g/mol. The van der Waals surface area contributed by atoms with Crippen molar-refractivity contribution in [1.82, 2.24) is 5.32 Å². The third kappa shape index (κ3) is 3.35. The molecule has 0 aliphatic heterocycles. The molecule has 0 heterocycles. The molecular weight excluding hydrogens is 154 g/mol. The Morgan fingerprint density at radius 3 is 2.58 bits per heavy atom. The lowest BCUT2D eigenvalue weighted by atomic mass is 9.95. The van der Waals surface area contributed by atoms with E-state index in [1.54, 1.807) is 0 Å². The van der Waals surface area contributed by atoms with Gasteiger partial charge in [0.05, 0.1) is 12.0 Å². The highest BCUT2D eigenvalue weighted by molar-refractivity contribution is 5.79. The molecule has 0 radical (unpaired) electrons. The average Bonchev–Trinajstić information content (AvgIpc) is 2.01. The van der Waals surface area contributed by atoms with Gasteiger partial charge in [-0.1, -0.05) is 13.8 Å². The molecule has 0 fully saturated rings. The lowest BCUT2D eigenvalue weighted by Crippen LogP contribution is -2.38. The summed E-state index contributed by atoms with van der Waals surface area (Å²) in [6.45, 7) is 4.25. The van der Waals surface area contributed by atoms with Gasteiger partial charge < -0.3 is 11.1 Å². The largest absolute Gasteiger partial charge is 0.343 e. The van der Waals surface area contributed by atoms with Crippen LogP contribution in [-0.2, 0) is 4.79 Å². The van der Waals surface area contributed by atoms with E-state index >= 15 is 0 Å². The van der Waals surface area contributed by atoms with E-state index in [9.17, 15) is 4.79 Å². The molecule has 0 bridgehead atoms. The summed E-state index contributed by atoms with van der Waals surface area (Å²) in [4.78, 5) is 11.2. The molecule has 1 amide bonds. The van der Waals surface area contributed by atoms with Crippen LogP contribution in [0.15, 0.2) is 0 Å². The first-order chi connectivity index (χ1) is 5.63. The van der Waals surface area contributed by atoms with Crippen LogP contribution in [0.25, 0.3) is 0 Å². The minimum atomic E-state index is -0.182. The van der Waals surface area contributed by atoms with Gasteiger partial charge in [0.25, 0.3) is 0 Å². The van der Waals surface area contributed by atoms with Gasteiger partial charge in [-0.15, -0.1) is 0 Å². The van der Waals surface area contributed by atoms with Crippen molar-refractivity contribution in [3.05, 3.63) is 0 Å². The van der Waals surface area contributed by atoms with Crippen LogP contribution in [0.5, 0.6) is 0 Å². The predicted octanol–water partition coefficient (Wildman–Crippen LogP) is -0.143. The SMILES string of the molecule is CC(C)C(CN)C(=O)NCC#N. The average molecular weight is 169 g/mol. The van der Waals surface area contributed by atoms with Crippen LogP contribution in [0.3, 0.4) is 0 Å². The molecule has 12 heavy (non-hydrogen) atoms. The Balaban J connectivity index is 3.96. The quantitative estimate of drug-likeness (QED) is 0.575.